The molecule has 30 heavy (non-hydrogen) atoms. The Morgan fingerprint density at radius 1 is 0.833 bits per heavy atom. The van der Waals surface area contributed by atoms with E-state index in [-0.39, 0.29) is 17.5 Å². The summed E-state index contributed by atoms with van der Waals surface area (Å²) in [6.07, 6.45) is 4.69. The molecule has 1 aliphatic heterocycles. The molecule has 3 aromatic rings. The van der Waals surface area contributed by atoms with Crippen molar-refractivity contribution in [3.05, 3.63) is 89.8 Å². The van der Waals surface area contributed by atoms with E-state index < -0.39 is 0 Å². The van der Waals surface area contributed by atoms with Crippen LogP contribution in [-0.4, -0.2) is 29.8 Å². The van der Waals surface area contributed by atoms with Gasteiger partial charge in [0.05, 0.1) is 0 Å². The Labute approximate surface area is 176 Å². The molecule has 152 valence electrons. The third-order valence-corrected chi connectivity index (χ3v) is 5.13. The summed E-state index contributed by atoms with van der Waals surface area (Å²) in [6, 6.07) is 22.3. The first-order chi connectivity index (χ1) is 14.7. The van der Waals surface area contributed by atoms with E-state index in [2.05, 4.69) is 5.32 Å². The summed E-state index contributed by atoms with van der Waals surface area (Å²) >= 11 is 0. The molecule has 0 radical (unpaired) electrons. The number of benzene rings is 2. The number of nitrogens with one attached hydrogen (secondary N) is 1. The van der Waals surface area contributed by atoms with Gasteiger partial charge in [-0.05, 0) is 43.5 Å². The lowest BCUT2D eigenvalue weighted by Gasteiger charge is -2.27. The summed E-state index contributed by atoms with van der Waals surface area (Å²) in [7, 11) is 0. The van der Waals surface area contributed by atoms with E-state index in [1.807, 2.05) is 42.5 Å². The van der Waals surface area contributed by atoms with Gasteiger partial charge in [-0.25, -0.2) is 0 Å². The molecule has 2 amide bonds. The van der Waals surface area contributed by atoms with Crippen molar-refractivity contribution in [1.29, 1.82) is 0 Å². The molecule has 5 nitrogen and oxygen atoms in total. The topological polar surface area (TPSA) is 62.6 Å². The van der Waals surface area contributed by atoms with E-state index in [0.29, 0.717) is 30.2 Å². The van der Waals surface area contributed by atoms with Gasteiger partial charge in [-0.2, -0.15) is 0 Å². The first-order valence-corrected chi connectivity index (χ1v) is 10.2. The Morgan fingerprint density at radius 3 is 2.20 bits per heavy atom. The smallest absolute Gasteiger partial charge is 0.270 e. The number of rotatable bonds is 5. The van der Waals surface area contributed by atoms with Crippen molar-refractivity contribution in [2.45, 2.75) is 19.3 Å². The molecule has 1 fully saturated rings. The highest BCUT2D eigenvalue weighted by atomic mass is 16.3. The third kappa shape index (κ3) is 4.69. The van der Waals surface area contributed by atoms with Crippen LogP contribution >= 0.6 is 0 Å². The Bertz CT molecular complexity index is 1030. The standard InChI is InChI=1S/C25H24N2O3/c28-24(20-12-6-2-7-13-20)26-22(25(29)27-16-8-3-9-17-27)18-21-14-15-23(30-21)19-10-4-1-5-11-19/h1-2,4-7,10-15,18H,3,8-9,16-17H2,(H,26,28)/b22-18-. The van der Waals surface area contributed by atoms with Gasteiger partial charge in [0, 0.05) is 30.3 Å². The maximum atomic E-state index is 13.1. The number of nitrogens with zero attached hydrogens (tertiary/aromatic N) is 1. The third-order valence-electron chi connectivity index (χ3n) is 5.13. The van der Waals surface area contributed by atoms with E-state index in [4.69, 9.17) is 4.42 Å². The minimum atomic E-state index is -0.318. The molecule has 2 heterocycles. The molecular weight excluding hydrogens is 376 g/mol. The van der Waals surface area contributed by atoms with Crippen molar-refractivity contribution >= 4 is 17.9 Å². The van der Waals surface area contributed by atoms with Gasteiger partial charge in [-0.1, -0.05) is 48.5 Å². The summed E-state index contributed by atoms with van der Waals surface area (Å²) in [5.41, 5.74) is 1.67. The van der Waals surface area contributed by atoms with Crippen LogP contribution in [0.4, 0.5) is 0 Å². The van der Waals surface area contributed by atoms with Gasteiger partial charge < -0.3 is 14.6 Å². The summed E-state index contributed by atoms with van der Waals surface area (Å²) < 4.78 is 5.93. The van der Waals surface area contributed by atoms with Gasteiger partial charge in [-0.3, -0.25) is 9.59 Å². The molecule has 0 bridgehead atoms. The second-order valence-electron chi connectivity index (χ2n) is 7.30. The van der Waals surface area contributed by atoms with E-state index in [9.17, 15) is 9.59 Å². The van der Waals surface area contributed by atoms with Crippen LogP contribution in [0.2, 0.25) is 0 Å². The molecule has 0 atom stereocenters. The Kier molecular flexibility index (Phi) is 6.09. The second kappa shape index (κ2) is 9.27. The highest BCUT2D eigenvalue weighted by Gasteiger charge is 2.23. The minimum absolute atomic E-state index is 0.184. The fourth-order valence-electron chi connectivity index (χ4n) is 3.53. The number of carbonyl (C=O) groups is 2. The fourth-order valence-corrected chi connectivity index (χ4v) is 3.53. The molecule has 2 aromatic carbocycles. The summed E-state index contributed by atoms with van der Waals surface area (Å²) in [5.74, 6) is 0.724. The van der Waals surface area contributed by atoms with Crippen molar-refractivity contribution in [3.63, 3.8) is 0 Å². The highest BCUT2D eigenvalue weighted by Crippen LogP contribution is 2.23. The lowest BCUT2D eigenvalue weighted by molar-refractivity contribution is -0.128. The highest BCUT2D eigenvalue weighted by molar-refractivity contribution is 6.05. The van der Waals surface area contributed by atoms with Crippen LogP contribution in [0, 0.1) is 0 Å². The molecule has 1 saturated heterocycles. The van der Waals surface area contributed by atoms with E-state index in [1.165, 1.54) is 0 Å². The molecule has 0 saturated carbocycles. The van der Waals surface area contributed by atoms with Crippen molar-refractivity contribution in [3.8, 4) is 11.3 Å². The zero-order valence-corrected chi connectivity index (χ0v) is 16.7. The zero-order valence-electron chi connectivity index (χ0n) is 16.7. The van der Waals surface area contributed by atoms with Gasteiger partial charge in [-0.15, -0.1) is 0 Å². The zero-order chi connectivity index (χ0) is 20.8. The van der Waals surface area contributed by atoms with E-state index >= 15 is 0 Å². The molecule has 5 heteroatoms. The van der Waals surface area contributed by atoms with Crippen LogP contribution in [0.25, 0.3) is 17.4 Å². The summed E-state index contributed by atoms with van der Waals surface area (Å²) in [5, 5.41) is 2.80. The molecule has 4 rings (SSSR count). The number of likely N-dealkylation sites (tertiary alicyclic amines) is 1. The number of amides is 2. The number of furan rings is 1. The maximum Gasteiger partial charge on any atom is 0.270 e. The van der Waals surface area contributed by atoms with Crippen LogP contribution in [-0.2, 0) is 4.79 Å². The lowest BCUT2D eigenvalue weighted by Crippen LogP contribution is -2.41. The quantitative estimate of drug-likeness (QED) is 0.630. The molecule has 1 N–H and O–H groups in total. The van der Waals surface area contributed by atoms with Gasteiger partial charge in [0.1, 0.15) is 17.2 Å². The Balaban J connectivity index is 1.61. The predicted molar refractivity (Wildman–Crippen MR) is 116 cm³/mol. The van der Waals surface area contributed by atoms with Gasteiger partial charge in [0.25, 0.3) is 11.8 Å². The van der Waals surface area contributed by atoms with Crippen LogP contribution in [0.1, 0.15) is 35.4 Å². The van der Waals surface area contributed by atoms with Crippen molar-refractivity contribution in [2.24, 2.45) is 0 Å². The molecule has 1 aromatic heterocycles. The van der Waals surface area contributed by atoms with Crippen molar-refractivity contribution < 1.29 is 14.0 Å². The number of hydrogen-bond donors (Lipinski definition) is 1. The van der Waals surface area contributed by atoms with Crippen molar-refractivity contribution in [1.82, 2.24) is 10.2 Å². The molecule has 0 spiro atoms. The fraction of sp³-hybridized carbons (Fsp3) is 0.200. The molecular formula is C25H24N2O3. The summed E-state index contributed by atoms with van der Waals surface area (Å²) in [4.78, 5) is 27.6. The van der Waals surface area contributed by atoms with Crippen molar-refractivity contribution in [2.75, 3.05) is 13.1 Å². The van der Waals surface area contributed by atoms with Crippen LogP contribution in [0.5, 0.6) is 0 Å². The Hall–Kier alpha value is -3.60. The monoisotopic (exact) mass is 400 g/mol. The summed E-state index contributed by atoms with van der Waals surface area (Å²) in [6.45, 7) is 1.40. The second-order valence-corrected chi connectivity index (χ2v) is 7.30. The Morgan fingerprint density at radius 2 is 1.50 bits per heavy atom. The van der Waals surface area contributed by atoms with Crippen LogP contribution in [0.15, 0.2) is 82.9 Å². The SMILES string of the molecule is O=C(N/C(=C\c1ccc(-c2ccccc2)o1)C(=O)N1CCCCC1)c1ccccc1. The normalized spacial score (nSPS) is 14.4. The number of hydrogen-bond acceptors (Lipinski definition) is 3. The molecule has 1 aliphatic rings. The average molecular weight is 400 g/mol. The minimum Gasteiger partial charge on any atom is -0.457 e. The van der Waals surface area contributed by atoms with Crippen LogP contribution < -0.4 is 5.32 Å². The van der Waals surface area contributed by atoms with E-state index in [1.54, 1.807) is 41.3 Å². The molecule has 0 unspecified atom stereocenters. The average Bonchev–Trinajstić information content (AvgIpc) is 3.28. The molecule has 0 aliphatic carbocycles. The van der Waals surface area contributed by atoms with Gasteiger partial charge in [0.15, 0.2) is 0 Å². The lowest BCUT2D eigenvalue weighted by atomic mass is 10.1. The first kappa shape index (κ1) is 19.7. The number of piperidine rings is 1. The van der Waals surface area contributed by atoms with Gasteiger partial charge in [0.2, 0.25) is 0 Å². The van der Waals surface area contributed by atoms with Gasteiger partial charge >= 0.3 is 0 Å². The maximum absolute atomic E-state index is 13.1. The first-order valence-electron chi connectivity index (χ1n) is 10.2. The van der Waals surface area contributed by atoms with Crippen LogP contribution in [0.3, 0.4) is 0 Å². The van der Waals surface area contributed by atoms with E-state index in [0.717, 1.165) is 24.8 Å². The number of carbonyl (C=O) groups excluding carboxylic acids is 2. The predicted octanol–water partition coefficient (Wildman–Crippen LogP) is 4.73. The largest absolute Gasteiger partial charge is 0.457 e.